The molecule has 2 heterocycles. The molecule has 2 rings (SSSR count). The Morgan fingerprint density at radius 1 is 1.26 bits per heavy atom. The maximum absolute atomic E-state index is 13.8. The van der Waals surface area contributed by atoms with Crippen molar-refractivity contribution in [1.82, 2.24) is 19.8 Å². The van der Waals surface area contributed by atoms with E-state index in [2.05, 4.69) is 39.2 Å². The second kappa shape index (κ2) is 5.79. The third-order valence-electron chi connectivity index (χ3n) is 3.64. The molecule has 1 fully saturated rings. The first-order valence-corrected chi connectivity index (χ1v) is 6.63. The predicted molar refractivity (Wildman–Crippen MR) is 73.8 cm³/mol. The minimum atomic E-state index is -0.365. The van der Waals surface area contributed by atoms with Gasteiger partial charge in [0, 0.05) is 13.6 Å². The van der Waals surface area contributed by atoms with E-state index in [9.17, 15) is 4.39 Å². The second-order valence-corrected chi connectivity index (χ2v) is 5.19. The van der Waals surface area contributed by atoms with E-state index >= 15 is 0 Å². The van der Waals surface area contributed by atoms with Crippen LogP contribution in [0, 0.1) is 12.7 Å². The van der Waals surface area contributed by atoms with Gasteiger partial charge in [0.2, 0.25) is 0 Å². The highest BCUT2D eigenvalue weighted by Gasteiger charge is 2.26. The number of aromatic nitrogens is 2. The van der Waals surface area contributed by atoms with Gasteiger partial charge < -0.3 is 10.2 Å². The number of hydrogen-bond acceptors (Lipinski definition) is 5. The molecule has 0 aromatic carbocycles. The van der Waals surface area contributed by atoms with Gasteiger partial charge in [-0.1, -0.05) is 0 Å². The van der Waals surface area contributed by atoms with Gasteiger partial charge in [0.15, 0.2) is 11.6 Å². The van der Waals surface area contributed by atoms with Gasteiger partial charge >= 0.3 is 0 Å². The van der Waals surface area contributed by atoms with Crippen LogP contribution in [0.1, 0.15) is 24.0 Å². The van der Waals surface area contributed by atoms with Crippen LogP contribution in [0.2, 0.25) is 0 Å². The van der Waals surface area contributed by atoms with Crippen molar-refractivity contribution < 1.29 is 4.39 Å². The maximum Gasteiger partial charge on any atom is 0.186 e. The van der Waals surface area contributed by atoms with E-state index in [4.69, 9.17) is 0 Å². The molecule has 1 aliphatic rings. The highest BCUT2D eigenvalue weighted by molar-refractivity contribution is 5.37. The number of aryl methyl sites for hydroxylation is 1. The SMILES string of the molecule is CNc1nc(C2CN(C)CCCN2C)nc(C)c1F. The molecule has 1 unspecified atom stereocenters. The molecule has 0 spiro atoms. The van der Waals surface area contributed by atoms with Crippen LogP contribution in [-0.4, -0.2) is 60.5 Å². The zero-order chi connectivity index (χ0) is 14.0. The summed E-state index contributed by atoms with van der Waals surface area (Å²) in [5, 5.41) is 2.80. The summed E-state index contributed by atoms with van der Waals surface area (Å²) >= 11 is 0. The Labute approximate surface area is 113 Å². The van der Waals surface area contributed by atoms with Gasteiger partial charge in [-0.2, -0.15) is 0 Å². The van der Waals surface area contributed by atoms with Crippen molar-refractivity contribution in [2.75, 3.05) is 46.1 Å². The van der Waals surface area contributed by atoms with Crippen LogP contribution < -0.4 is 5.32 Å². The molecular weight excluding hydrogens is 245 g/mol. The van der Waals surface area contributed by atoms with Crippen LogP contribution in [0.3, 0.4) is 0 Å². The van der Waals surface area contributed by atoms with Crippen LogP contribution in [-0.2, 0) is 0 Å². The summed E-state index contributed by atoms with van der Waals surface area (Å²) < 4.78 is 13.8. The summed E-state index contributed by atoms with van der Waals surface area (Å²) in [7, 11) is 5.85. The molecule has 1 atom stereocenters. The van der Waals surface area contributed by atoms with E-state index in [0.717, 1.165) is 26.1 Å². The summed E-state index contributed by atoms with van der Waals surface area (Å²) in [6, 6.07) is 0.110. The normalized spacial score (nSPS) is 22.3. The zero-order valence-electron chi connectivity index (χ0n) is 12.1. The molecule has 1 aromatic heterocycles. The topological polar surface area (TPSA) is 44.3 Å². The smallest absolute Gasteiger partial charge is 0.186 e. The summed E-state index contributed by atoms with van der Waals surface area (Å²) in [5.41, 5.74) is 0.398. The number of hydrogen-bond donors (Lipinski definition) is 1. The summed E-state index contributed by atoms with van der Waals surface area (Å²) in [5.74, 6) is 0.609. The van der Waals surface area contributed by atoms with Gasteiger partial charge in [-0.25, -0.2) is 14.4 Å². The van der Waals surface area contributed by atoms with Crippen molar-refractivity contribution in [3.63, 3.8) is 0 Å². The molecule has 0 bridgehead atoms. The average molecular weight is 267 g/mol. The van der Waals surface area contributed by atoms with Crippen molar-refractivity contribution in [3.05, 3.63) is 17.3 Å². The van der Waals surface area contributed by atoms with Crippen molar-refractivity contribution in [1.29, 1.82) is 0 Å². The molecule has 1 N–H and O–H groups in total. The quantitative estimate of drug-likeness (QED) is 0.874. The lowest BCUT2D eigenvalue weighted by atomic mass is 10.2. The maximum atomic E-state index is 13.8. The van der Waals surface area contributed by atoms with E-state index in [-0.39, 0.29) is 17.7 Å². The van der Waals surface area contributed by atoms with Gasteiger partial charge in [0.05, 0.1) is 11.7 Å². The van der Waals surface area contributed by atoms with E-state index in [1.54, 1.807) is 14.0 Å². The molecular formula is C13H22FN5. The van der Waals surface area contributed by atoms with E-state index in [1.165, 1.54) is 0 Å². The van der Waals surface area contributed by atoms with Crippen LogP contribution in [0.25, 0.3) is 0 Å². The molecule has 6 heteroatoms. The van der Waals surface area contributed by atoms with Gasteiger partial charge in [-0.15, -0.1) is 0 Å². The standard InChI is InChI=1S/C13H22FN5/c1-9-11(14)13(15-2)17-12(16-9)10-8-18(3)6-5-7-19(10)4/h10H,5-8H2,1-4H3,(H,15,16,17). The zero-order valence-corrected chi connectivity index (χ0v) is 12.1. The third-order valence-corrected chi connectivity index (χ3v) is 3.64. The minimum absolute atomic E-state index is 0.110. The van der Waals surface area contributed by atoms with Gasteiger partial charge in [0.25, 0.3) is 0 Å². The Balaban J connectivity index is 2.36. The highest BCUT2D eigenvalue weighted by atomic mass is 19.1. The van der Waals surface area contributed by atoms with Crippen molar-refractivity contribution in [2.24, 2.45) is 0 Å². The number of likely N-dealkylation sites (N-methyl/N-ethyl adjacent to an activating group) is 2. The second-order valence-electron chi connectivity index (χ2n) is 5.19. The molecule has 106 valence electrons. The van der Waals surface area contributed by atoms with Gasteiger partial charge in [-0.05, 0) is 40.5 Å². The molecule has 0 radical (unpaired) electrons. The van der Waals surface area contributed by atoms with Crippen LogP contribution in [0.15, 0.2) is 0 Å². The molecule has 0 amide bonds. The van der Waals surface area contributed by atoms with E-state index in [1.807, 2.05) is 0 Å². The fourth-order valence-corrected chi connectivity index (χ4v) is 2.45. The van der Waals surface area contributed by atoms with Gasteiger partial charge in [0.1, 0.15) is 5.82 Å². The molecule has 19 heavy (non-hydrogen) atoms. The molecule has 1 saturated heterocycles. The van der Waals surface area contributed by atoms with Crippen LogP contribution in [0.5, 0.6) is 0 Å². The number of nitrogens with one attached hydrogen (secondary N) is 1. The lowest BCUT2D eigenvalue weighted by Gasteiger charge is -2.26. The number of rotatable bonds is 2. The van der Waals surface area contributed by atoms with Crippen molar-refractivity contribution >= 4 is 5.82 Å². The Bertz CT molecular complexity index is 451. The number of anilines is 1. The van der Waals surface area contributed by atoms with Crippen molar-refractivity contribution in [3.8, 4) is 0 Å². The summed E-state index contributed by atoms with van der Waals surface area (Å²) in [6.45, 7) is 4.62. The number of nitrogens with zero attached hydrogens (tertiary/aromatic N) is 4. The Hall–Kier alpha value is -1.27. The van der Waals surface area contributed by atoms with E-state index in [0.29, 0.717) is 11.5 Å². The third kappa shape index (κ3) is 3.01. The molecule has 1 aromatic rings. The summed E-state index contributed by atoms with van der Waals surface area (Å²) in [6.07, 6.45) is 1.13. The van der Waals surface area contributed by atoms with Crippen LogP contribution in [0.4, 0.5) is 10.2 Å². The fourth-order valence-electron chi connectivity index (χ4n) is 2.45. The van der Waals surface area contributed by atoms with Gasteiger partial charge in [-0.3, -0.25) is 4.90 Å². The van der Waals surface area contributed by atoms with Crippen molar-refractivity contribution in [2.45, 2.75) is 19.4 Å². The molecule has 5 nitrogen and oxygen atoms in total. The Morgan fingerprint density at radius 2 is 2.00 bits per heavy atom. The number of halogens is 1. The first-order valence-electron chi connectivity index (χ1n) is 6.63. The molecule has 0 aliphatic carbocycles. The summed E-state index contributed by atoms with van der Waals surface area (Å²) in [4.78, 5) is 13.2. The lowest BCUT2D eigenvalue weighted by molar-refractivity contribution is 0.219. The first kappa shape index (κ1) is 14.1. The minimum Gasteiger partial charge on any atom is -0.371 e. The molecule has 1 aliphatic heterocycles. The predicted octanol–water partition coefficient (Wildman–Crippen LogP) is 1.27. The average Bonchev–Trinajstić information content (AvgIpc) is 2.54. The highest BCUT2D eigenvalue weighted by Crippen LogP contribution is 2.23. The fraction of sp³-hybridized carbons (Fsp3) is 0.692. The largest absolute Gasteiger partial charge is 0.371 e. The molecule has 0 saturated carbocycles. The Morgan fingerprint density at radius 3 is 2.68 bits per heavy atom. The lowest BCUT2D eigenvalue weighted by Crippen LogP contribution is -2.32. The van der Waals surface area contributed by atoms with E-state index < -0.39 is 0 Å². The first-order chi connectivity index (χ1) is 9.02. The van der Waals surface area contributed by atoms with Crippen LogP contribution >= 0.6 is 0 Å². The monoisotopic (exact) mass is 267 g/mol. The Kier molecular flexibility index (Phi) is 4.31.